The molecule has 0 unspecified atom stereocenters. The summed E-state index contributed by atoms with van der Waals surface area (Å²) in [5, 5.41) is 15.6. The number of hydrogen-bond acceptors (Lipinski definition) is 6. The molecule has 0 aromatic heterocycles. The average Bonchev–Trinajstić information content (AvgIpc) is 2.55. The van der Waals surface area contributed by atoms with Crippen LogP contribution in [0.25, 0.3) is 0 Å². The van der Waals surface area contributed by atoms with Crippen LogP contribution >= 0.6 is 0 Å². The van der Waals surface area contributed by atoms with E-state index in [0.29, 0.717) is 25.0 Å². The van der Waals surface area contributed by atoms with Crippen LogP contribution in [0, 0.1) is 0 Å². The zero-order valence-electron chi connectivity index (χ0n) is 13.5. The average molecular weight is 346 g/mol. The lowest BCUT2D eigenvalue weighted by Crippen LogP contribution is -2.29. The van der Waals surface area contributed by atoms with Crippen LogP contribution in [-0.2, 0) is 19.2 Å². The van der Waals surface area contributed by atoms with E-state index < -0.39 is 11.9 Å². The largest absolute Gasteiger partial charge is 0.478 e. The number of hydrogen-bond donors (Lipinski definition) is 6. The Morgan fingerprint density at radius 2 is 0.958 bits per heavy atom. The molecule has 0 bridgehead atoms. The predicted octanol–water partition coefficient (Wildman–Crippen LogP) is -0.201. The number of amides is 2. The van der Waals surface area contributed by atoms with Crippen molar-refractivity contribution in [3.63, 3.8) is 0 Å². The number of rotatable bonds is 11. The van der Waals surface area contributed by atoms with E-state index in [1.165, 1.54) is 0 Å². The van der Waals surface area contributed by atoms with Gasteiger partial charge in [0.25, 0.3) is 0 Å². The maximum absolute atomic E-state index is 10.8. The molecule has 0 saturated carbocycles. The highest BCUT2D eigenvalue weighted by Crippen LogP contribution is 2.08. The zero-order valence-corrected chi connectivity index (χ0v) is 13.5. The Bertz CT molecular complexity index is 387. The quantitative estimate of drug-likeness (QED) is 0.0975. The first-order valence-corrected chi connectivity index (χ1v) is 7.46. The van der Waals surface area contributed by atoms with Crippen LogP contribution in [0.3, 0.4) is 0 Å². The van der Waals surface area contributed by atoms with E-state index >= 15 is 0 Å². The normalized spacial score (nSPS) is 9.75. The van der Waals surface area contributed by atoms with Crippen molar-refractivity contribution < 1.29 is 29.4 Å². The van der Waals surface area contributed by atoms with Crippen molar-refractivity contribution in [3.8, 4) is 0 Å². The fourth-order valence-corrected chi connectivity index (χ4v) is 1.57. The molecule has 2 amide bonds. The molecule has 138 valence electrons. The third kappa shape index (κ3) is 21.8. The van der Waals surface area contributed by atoms with Gasteiger partial charge in [0.1, 0.15) is 0 Å². The Morgan fingerprint density at radius 3 is 1.21 bits per heavy atom. The molecule has 0 atom stereocenters. The van der Waals surface area contributed by atoms with Crippen LogP contribution in [0.2, 0.25) is 0 Å². The molecule has 0 aliphatic heterocycles. The molecule has 10 nitrogen and oxygen atoms in total. The van der Waals surface area contributed by atoms with Gasteiger partial charge in [-0.05, 0) is 12.8 Å². The maximum Gasteiger partial charge on any atom is 0.328 e. The fourth-order valence-electron chi connectivity index (χ4n) is 1.57. The Morgan fingerprint density at radius 1 is 0.667 bits per heavy atom. The van der Waals surface area contributed by atoms with Crippen molar-refractivity contribution in [2.75, 3.05) is 0 Å². The number of aliphatic carboxylic acids is 2. The van der Waals surface area contributed by atoms with Crippen molar-refractivity contribution in [2.24, 2.45) is 11.7 Å². The van der Waals surface area contributed by atoms with Crippen LogP contribution in [0.5, 0.6) is 0 Å². The highest BCUT2D eigenvalue weighted by atomic mass is 16.4. The lowest BCUT2D eigenvalue weighted by Gasteiger charge is -2.01. The zero-order chi connectivity index (χ0) is 18.8. The summed E-state index contributed by atoms with van der Waals surface area (Å²) >= 11 is 0. The topological polar surface area (TPSA) is 185 Å². The molecule has 0 aliphatic rings. The fraction of sp³-hybridized carbons (Fsp3) is 0.571. The molecule has 10 heteroatoms. The Balaban J connectivity index is 0. The Hall–Kier alpha value is -2.46. The number of carboxylic acids is 2. The third-order valence-corrected chi connectivity index (χ3v) is 2.75. The van der Waals surface area contributed by atoms with Gasteiger partial charge in [0.05, 0.1) is 0 Å². The van der Waals surface area contributed by atoms with Crippen LogP contribution < -0.4 is 22.5 Å². The summed E-state index contributed by atoms with van der Waals surface area (Å²) in [6.07, 6.45) is 8.05. The molecule has 0 heterocycles. The minimum absolute atomic E-state index is 0.111. The van der Waals surface area contributed by atoms with Gasteiger partial charge in [-0.25, -0.2) is 21.3 Å². The van der Waals surface area contributed by atoms with Gasteiger partial charge < -0.3 is 10.2 Å². The minimum atomic E-state index is -1.26. The van der Waals surface area contributed by atoms with E-state index in [9.17, 15) is 19.2 Å². The molecule has 0 rings (SSSR count). The lowest BCUT2D eigenvalue weighted by molar-refractivity contribution is -0.134. The van der Waals surface area contributed by atoms with E-state index in [4.69, 9.17) is 21.9 Å². The molecular formula is C14H26N4O6. The summed E-state index contributed by atoms with van der Waals surface area (Å²) < 4.78 is 0. The molecule has 0 aromatic carbocycles. The molecule has 0 spiro atoms. The van der Waals surface area contributed by atoms with E-state index in [2.05, 4.69) is 10.9 Å². The molecule has 0 aliphatic carbocycles. The number of unbranched alkanes of at least 4 members (excludes halogenated alkanes) is 5. The first kappa shape index (κ1) is 23.8. The molecule has 24 heavy (non-hydrogen) atoms. The molecule has 0 radical (unpaired) electrons. The van der Waals surface area contributed by atoms with E-state index in [0.717, 1.165) is 38.5 Å². The molecule has 8 N–H and O–H groups in total. The summed E-state index contributed by atoms with van der Waals surface area (Å²) in [5.74, 6) is 7.16. The van der Waals surface area contributed by atoms with Gasteiger partial charge in [0.2, 0.25) is 11.8 Å². The van der Waals surface area contributed by atoms with Crippen LogP contribution in [0.1, 0.15) is 51.4 Å². The van der Waals surface area contributed by atoms with Gasteiger partial charge in [-0.15, -0.1) is 0 Å². The predicted molar refractivity (Wildman–Crippen MR) is 86.0 cm³/mol. The van der Waals surface area contributed by atoms with Gasteiger partial charge in [0, 0.05) is 25.0 Å². The highest BCUT2D eigenvalue weighted by Gasteiger charge is 1.99. The Kier molecular flexibility index (Phi) is 16.8. The van der Waals surface area contributed by atoms with Gasteiger partial charge in [0.15, 0.2) is 0 Å². The van der Waals surface area contributed by atoms with Crippen molar-refractivity contribution in [1.29, 1.82) is 0 Å². The number of nitrogens with two attached hydrogens (primary N) is 2. The second-order valence-electron chi connectivity index (χ2n) is 4.77. The van der Waals surface area contributed by atoms with Crippen molar-refractivity contribution in [2.45, 2.75) is 51.4 Å². The van der Waals surface area contributed by atoms with Gasteiger partial charge >= 0.3 is 11.9 Å². The van der Waals surface area contributed by atoms with Crippen LogP contribution in [0.4, 0.5) is 0 Å². The van der Waals surface area contributed by atoms with E-state index in [1.807, 2.05) is 0 Å². The van der Waals surface area contributed by atoms with Crippen LogP contribution in [-0.4, -0.2) is 34.0 Å². The van der Waals surface area contributed by atoms with E-state index in [-0.39, 0.29) is 11.8 Å². The first-order chi connectivity index (χ1) is 11.3. The molecule has 0 aromatic rings. The number of carbonyl (C=O) groups is 4. The second-order valence-corrected chi connectivity index (χ2v) is 4.77. The summed E-state index contributed by atoms with van der Waals surface area (Å²) in [6.45, 7) is 0. The van der Waals surface area contributed by atoms with E-state index in [1.54, 1.807) is 0 Å². The molecule has 0 saturated heterocycles. The smallest absolute Gasteiger partial charge is 0.328 e. The third-order valence-electron chi connectivity index (χ3n) is 2.75. The SMILES string of the molecule is NNC(=O)CCCCCCCCC(=O)NN.O=C(O)/C=C\C(=O)O. The minimum Gasteiger partial charge on any atom is -0.478 e. The second kappa shape index (κ2) is 16.9. The number of carbonyl (C=O) groups excluding carboxylic acids is 2. The number of hydrazine groups is 2. The van der Waals surface area contributed by atoms with Gasteiger partial charge in [-0.2, -0.15) is 0 Å². The van der Waals surface area contributed by atoms with Crippen molar-refractivity contribution in [1.82, 2.24) is 10.9 Å². The van der Waals surface area contributed by atoms with Crippen molar-refractivity contribution in [3.05, 3.63) is 12.2 Å². The molecule has 0 fully saturated rings. The number of carboxylic acid groups (broad SMARTS) is 2. The van der Waals surface area contributed by atoms with Gasteiger partial charge in [-0.1, -0.05) is 25.7 Å². The monoisotopic (exact) mass is 346 g/mol. The summed E-state index contributed by atoms with van der Waals surface area (Å²) in [4.78, 5) is 40.6. The van der Waals surface area contributed by atoms with Gasteiger partial charge in [-0.3, -0.25) is 20.4 Å². The summed E-state index contributed by atoms with van der Waals surface area (Å²) in [5.41, 5.74) is 4.20. The maximum atomic E-state index is 10.8. The highest BCUT2D eigenvalue weighted by molar-refractivity contribution is 5.89. The molecular weight excluding hydrogens is 320 g/mol. The summed E-state index contributed by atoms with van der Waals surface area (Å²) in [7, 11) is 0. The van der Waals surface area contributed by atoms with Crippen molar-refractivity contribution >= 4 is 23.8 Å². The summed E-state index contributed by atoms with van der Waals surface area (Å²) in [6, 6.07) is 0. The Labute approximate surface area is 140 Å². The standard InChI is InChI=1S/C10H22N4O2.C4H4O4/c11-13-9(15)7-5-3-1-2-4-6-8-10(16)14-12;5-3(6)1-2-4(7)8/h1-8,11-12H2,(H,13,15)(H,14,16);1-2H,(H,5,6)(H,7,8)/b;2-1-. The van der Waals surface area contributed by atoms with Crippen LogP contribution in [0.15, 0.2) is 12.2 Å². The first-order valence-electron chi connectivity index (χ1n) is 7.46. The lowest BCUT2D eigenvalue weighted by atomic mass is 10.1. The number of nitrogens with one attached hydrogen (secondary N) is 2.